The Morgan fingerprint density at radius 3 is 2.70 bits per heavy atom. The molecule has 1 aromatic heterocycles. The van der Waals surface area contributed by atoms with Gasteiger partial charge in [-0.3, -0.25) is 0 Å². The van der Waals surface area contributed by atoms with Crippen molar-refractivity contribution in [3.05, 3.63) is 24.4 Å². The van der Waals surface area contributed by atoms with E-state index in [9.17, 15) is 8.42 Å². The van der Waals surface area contributed by atoms with Crippen LogP contribution < -0.4 is 10.2 Å². The van der Waals surface area contributed by atoms with E-state index in [0.29, 0.717) is 24.5 Å². The van der Waals surface area contributed by atoms with Crippen molar-refractivity contribution in [1.82, 2.24) is 19.2 Å². The first-order chi connectivity index (χ1) is 15.9. The number of methoxy groups -OCH3 is 1. The van der Waals surface area contributed by atoms with Gasteiger partial charge in [-0.05, 0) is 31.9 Å². The molecule has 4 heterocycles. The number of ether oxygens (including phenoxy) is 1. The molecule has 33 heavy (non-hydrogen) atoms. The van der Waals surface area contributed by atoms with E-state index < -0.39 is 10.0 Å². The van der Waals surface area contributed by atoms with Crippen molar-refractivity contribution < 1.29 is 13.2 Å². The van der Waals surface area contributed by atoms with Crippen molar-refractivity contribution in [2.24, 2.45) is 5.41 Å². The summed E-state index contributed by atoms with van der Waals surface area (Å²) in [5, 5.41) is 4.48. The molecule has 3 saturated heterocycles. The molecule has 2 aromatic rings. The minimum absolute atomic E-state index is 0.177. The molecular weight excluding hydrogens is 440 g/mol. The molecule has 1 aromatic carbocycles. The average Bonchev–Trinajstić information content (AvgIpc) is 3.21. The Hall–Kier alpha value is -2.01. The molecule has 0 atom stereocenters. The number of hydrogen-bond donors (Lipinski definition) is 1. The molecule has 3 aliphatic rings. The molecule has 0 saturated carbocycles. The largest absolute Gasteiger partial charge is 0.383 e. The number of nitrogens with one attached hydrogen (secondary N) is 1. The summed E-state index contributed by atoms with van der Waals surface area (Å²) in [5.41, 5.74) is 2.54. The van der Waals surface area contributed by atoms with Gasteiger partial charge < -0.3 is 19.9 Å². The third-order valence-corrected chi connectivity index (χ3v) is 8.67. The van der Waals surface area contributed by atoms with Gasteiger partial charge in [-0.2, -0.15) is 0 Å². The Bertz CT molecular complexity index is 1100. The van der Waals surface area contributed by atoms with Gasteiger partial charge in [0.15, 0.2) is 0 Å². The van der Waals surface area contributed by atoms with Gasteiger partial charge in [0.05, 0.1) is 24.1 Å². The molecule has 0 unspecified atom stereocenters. The summed E-state index contributed by atoms with van der Waals surface area (Å²) in [6.45, 7) is 7.30. The van der Waals surface area contributed by atoms with Crippen LogP contribution in [0.2, 0.25) is 0 Å². The number of piperidine rings is 1. The van der Waals surface area contributed by atoms with Crippen LogP contribution in [0.4, 0.5) is 11.6 Å². The summed E-state index contributed by atoms with van der Waals surface area (Å²) in [4.78, 5) is 14.4. The third kappa shape index (κ3) is 4.80. The summed E-state index contributed by atoms with van der Waals surface area (Å²) in [6, 6.07) is 6.48. The normalized spacial score (nSPS) is 22.2. The van der Waals surface area contributed by atoms with Gasteiger partial charge in [0.25, 0.3) is 0 Å². The van der Waals surface area contributed by atoms with Crippen LogP contribution in [-0.4, -0.2) is 99.4 Å². The van der Waals surface area contributed by atoms with Crippen molar-refractivity contribution in [1.29, 1.82) is 0 Å². The number of nitrogens with zero attached hydrogens (tertiary/aromatic N) is 5. The lowest BCUT2D eigenvalue weighted by Crippen LogP contribution is -2.57. The van der Waals surface area contributed by atoms with Crippen molar-refractivity contribution in [3.8, 4) is 0 Å². The topological polar surface area (TPSA) is 90.9 Å². The van der Waals surface area contributed by atoms with E-state index in [0.717, 1.165) is 63.1 Å². The maximum Gasteiger partial charge on any atom is 0.223 e. The van der Waals surface area contributed by atoms with Gasteiger partial charge >= 0.3 is 0 Å². The average molecular weight is 475 g/mol. The molecule has 1 N–H and O–H groups in total. The third-order valence-electron chi connectivity index (χ3n) is 7.37. The molecule has 0 aliphatic carbocycles. The molecule has 9 nitrogen and oxygen atoms in total. The lowest BCUT2D eigenvalue weighted by atomic mass is 9.78. The number of hydrogen-bond acceptors (Lipinski definition) is 8. The lowest BCUT2D eigenvalue weighted by molar-refractivity contribution is 0.145. The molecule has 180 valence electrons. The predicted octanol–water partition coefficient (Wildman–Crippen LogP) is 1.62. The molecule has 0 amide bonds. The number of sulfonamides is 1. The van der Waals surface area contributed by atoms with Gasteiger partial charge in [0.1, 0.15) is 0 Å². The quantitative estimate of drug-likeness (QED) is 0.648. The number of fused-ring (bicyclic) bond motifs is 1. The predicted molar refractivity (Wildman–Crippen MR) is 130 cm³/mol. The maximum absolute atomic E-state index is 11.8. The Kier molecular flexibility index (Phi) is 6.19. The zero-order valence-electron chi connectivity index (χ0n) is 19.5. The van der Waals surface area contributed by atoms with Crippen LogP contribution in [0.3, 0.4) is 0 Å². The van der Waals surface area contributed by atoms with Gasteiger partial charge in [0.2, 0.25) is 16.0 Å². The van der Waals surface area contributed by atoms with E-state index in [1.807, 2.05) is 6.20 Å². The zero-order chi connectivity index (χ0) is 23.1. The maximum atomic E-state index is 11.8. The lowest BCUT2D eigenvalue weighted by Gasteiger charge is -2.49. The van der Waals surface area contributed by atoms with E-state index in [4.69, 9.17) is 9.72 Å². The smallest absolute Gasteiger partial charge is 0.223 e. The van der Waals surface area contributed by atoms with Crippen LogP contribution in [0.5, 0.6) is 0 Å². The van der Waals surface area contributed by atoms with Crippen molar-refractivity contribution in [3.63, 3.8) is 0 Å². The highest BCUT2D eigenvalue weighted by atomic mass is 32.2. The summed E-state index contributed by atoms with van der Waals surface area (Å²) < 4.78 is 30.3. The second-order valence-electron chi connectivity index (χ2n) is 9.86. The highest BCUT2D eigenvalue weighted by molar-refractivity contribution is 7.88. The van der Waals surface area contributed by atoms with Crippen molar-refractivity contribution in [2.75, 3.05) is 76.0 Å². The molecule has 3 aliphatic heterocycles. The number of para-hydroxylation sites is 1. The fraction of sp³-hybridized carbons (Fsp3) is 0.652. The first kappa shape index (κ1) is 22.8. The number of rotatable bonds is 7. The monoisotopic (exact) mass is 474 g/mol. The molecule has 0 bridgehead atoms. The molecule has 5 rings (SSSR count). The zero-order valence-corrected chi connectivity index (χ0v) is 20.4. The van der Waals surface area contributed by atoms with Crippen molar-refractivity contribution >= 4 is 32.6 Å². The van der Waals surface area contributed by atoms with Crippen LogP contribution in [0.1, 0.15) is 19.3 Å². The second-order valence-corrected chi connectivity index (χ2v) is 11.8. The van der Waals surface area contributed by atoms with Gasteiger partial charge in [-0.25, -0.2) is 22.7 Å². The summed E-state index contributed by atoms with van der Waals surface area (Å²) >= 11 is 0. The second kappa shape index (κ2) is 8.98. The molecular formula is C23H34N6O3S. The summed E-state index contributed by atoms with van der Waals surface area (Å²) in [6.07, 6.45) is 5.91. The van der Waals surface area contributed by atoms with Crippen LogP contribution >= 0.6 is 0 Å². The van der Waals surface area contributed by atoms with E-state index in [2.05, 4.69) is 38.3 Å². The first-order valence-corrected chi connectivity index (χ1v) is 13.6. The molecule has 3 fully saturated rings. The number of benzene rings is 1. The highest BCUT2D eigenvalue weighted by Gasteiger charge is 2.47. The van der Waals surface area contributed by atoms with Crippen LogP contribution in [0, 0.1) is 5.41 Å². The van der Waals surface area contributed by atoms with Crippen LogP contribution in [-0.2, 0) is 14.8 Å². The standard InChI is InChI=1S/C23H34N6O3S/c1-32-13-12-27-11-8-23(15-27)16-28(17-23)20-5-3-4-18-14-24-22(26-21(18)20)25-19-6-9-29(10-7-19)33(2,30)31/h3-5,14,19H,6-13,15-17H2,1-2H3,(H,24,25,26). The Morgan fingerprint density at radius 2 is 1.97 bits per heavy atom. The first-order valence-electron chi connectivity index (χ1n) is 11.8. The Morgan fingerprint density at radius 1 is 1.18 bits per heavy atom. The number of aromatic nitrogens is 2. The van der Waals surface area contributed by atoms with E-state index in [1.165, 1.54) is 18.4 Å². The number of anilines is 2. The van der Waals surface area contributed by atoms with Crippen molar-refractivity contribution in [2.45, 2.75) is 25.3 Å². The van der Waals surface area contributed by atoms with E-state index >= 15 is 0 Å². The summed E-state index contributed by atoms with van der Waals surface area (Å²) in [5.74, 6) is 0.620. The SMILES string of the molecule is COCCN1CCC2(C1)CN(c1cccc3cnc(NC4CCN(S(C)(=O)=O)CC4)nc13)C2. The van der Waals surface area contributed by atoms with Gasteiger partial charge in [0, 0.05) is 69.4 Å². The van der Waals surface area contributed by atoms with E-state index in [1.54, 1.807) is 11.4 Å². The minimum Gasteiger partial charge on any atom is -0.383 e. The highest BCUT2D eigenvalue weighted by Crippen LogP contribution is 2.43. The van der Waals surface area contributed by atoms with Crippen LogP contribution in [0.15, 0.2) is 24.4 Å². The van der Waals surface area contributed by atoms with E-state index in [-0.39, 0.29) is 6.04 Å². The minimum atomic E-state index is -3.12. The molecule has 1 spiro atoms. The van der Waals surface area contributed by atoms with Gasteiger partial charge in [-0.15, -0.1) is 0 Å². The fourth-order valence-electron chi connectivity index (χ4n) is 5.51. The van der Waals surface area contributed by atoms with Crippen LogP contribution in [0.25, 0.3) is 10.9 Å². The number of likely N-dealkylation sites (tertiary alicyclic amines) is 1. The fourth-order valence-corrected chi connectivity index (χ4v) is 6.38. The summed E-state index contributed by atoms with van der Waals surface area (Å²) in [7, 11) is -1.36. The Labute approximate surface area is 196 Å². The van der Waals surface area contributed by atoms with Gasteiger partial charge in [-0.1, -0.05) is 12.1 Å². The molecule has 0 radical (unpaired) electrons. The molecule has 10 heteroatoms. The Balaban J connectivity index is 1.25.